The SMILES string of the molecule is CCCCSCC(=O)Nc1ccccc1C(C)C. The molecule has 0 heterocycles. The van der Waals surface area contributed by atoms with Crippen molar-refractivity contribution in [2.75, 3.05) is 16.8 Å². The topological polar surface area (TPSA) is 29.1 Å². The van der Waals surface area contributed by atoms with E-state index < -0.39 is 0 Å². The van der Waals surface area contributed by atoms with Crippen LogP contribution < -0.4 is 5.32 Å². The molecule has 0 aliphatic rings. The summed E-state index contributed by atoms with van der Waals surface area (Å²) in [5, 5.41) is 3.01. The van der Waals surface area contributed by atoms with Gasteiger partial charge in [0.25, 0.3) is 0 Å². The summed E-state index contributed by atoms with van der Waals surface area (Å²) < 4.78 is 0. The maximum absolute atomic E-state index is 11.8. The number of nitrogens with one attached hydrogen (secondary N) is 1. The van der Waals surface area contributed by atoms with Crippen LogP contribution in [0.25, 0.3) is 0 Å². The molecule has 1 N–H and O–H groups in total. The van der Waals surface area contributed by atoms with E-state index in [-0.39, 0.29) is 5.91 Å². The average molecular weight is 265 g/mol. The highest BCUT2D eigenvalue weighted by atomic mass is 32.2. The minimum Gasteiger partial charge on any atom is -0.325 e. The molecule has 0 aliphatic heterocycles. The molecule has 1 amide bonds. The predicted octanol–water partition coefficient (Wildman–Crippen LogP) is 4.28. The van der Waals surface area contributed by atoms with Crippen LogP contribution in [-0.2, 0) is 4.79 Å². The van der Waals surface area contributed by atoms with Crippen molar-refractivity contribution in [2.45, 2.75) is 39.5 Å². The highest BCUT2D eigenvalue weighted by molar-refractivity contribution is 7.99. The van der Waals surface area contributed by atoms with Gasteiger partial charge in [0.2, 0.25) is 5.91 Å². The van der Waals surface area contributed by atoms with E-state index in [1.54, 1.807) is 11.8 Å². The summed E-state index contributed by atoms with van der Waals surface area (Å²) in [4.78, 5) is 11.8. The lowest BCUT2D eigenvalue weighted by Crippen LogP contribution is -2.15. The molecule has 0 saturated carbocycles. The van der Waals surface area contributed by atoms with Gasteiger partial charge in [-0.1, -0.05) is 45.4 Å². The molecule has 0 spiro atoms. The molecule has 0 saturated heterocycles. The van der Waals surface area contributed by atoms with Crippen molar-refractivity contribution in [1.29, 1.82) is 0 Å². The van der Waals surface area contributed by atoms with Gasteiger partial charge in [0.15, 0.2) is 0 Å². The molecule has 1 aromatic carbocycles. The lowest BCUT2D eigenvalue weighted by Gasteiger charge is -2.13. The highest BCUT2D eigenvalue weighted by Crippen LogP contribution is 2.23. The van der Waals surface area contributed by atoms with Crippen LogP contribution in [-0.4, -0.2) is 17.4 Å². The summed E-state index contributed by atoms with van der Waals surface area (Å²) in [7, 11) is 0. The number of carbonyl (C=O) groups is 1. The quantitative estimate of drug-likeness (QED) is 0.745. The zero-order chi connectivity index (χ0) is 13.4. The summed E-state index contributed by atoms with van der Waals surface area (Å²) in [6.45, 7) is 6.45. The normalized spacial score (nSPS) is 10.7. The molecule has 100 valence electrons. The van der Waals surface area contributed by atoms with E-state index in [2.05, 4.69) is 32.2 Å². The number of benzene rings is 1. The number of thioether (sulfide) groups is 1. The number of amides is 1. The fourth-order valence-corrected chi connectivity index (χ4v) is 2.61. The largest absolute Gasteiger partial charge is 0.325 e. The number of hydrogen-bond donors (Lipinski definition) is 1. The molecular formula is C15H23NOS. The standard InChI is InChI=1S/C15H23NOS/c1-4-5-10-18-11-15(17)16-14-9-7-6-8-13(14)12(2)3/h6-9,12H,4-5,10-11H2,1-3H3,(H,16,17). The Morgan fingerprint density at radius 1 is 1.33 bits per heavy atom. The third-order valence-corrected chi connectivity index (χ3v) is 3.78. The fraction of sp³-hybridized carbons (Fsp3) is 0.533. The second-order valence-electron chi connectivity index (χ2n) is 4.70. The van der Waals surface area contributed by atoms with E-state index >= 15 is 0 Å². The van der Waals surface area contributed by atoms with Crippen molar-refractivity contribution < 1.29 is 4.79 Å². The predicted molar refractivity (Wildman–Crippen MR) is 81.4 cm³/mol. The van der Waals surface area contributed by atoms with E-state index in [9.17, 15) is 4.79 Å². The summed E-state index contributed by atoms with van der Waals surface area (Å²) in [6.07, 6.45) is 2.37. The number of unbranched alkanes of at least 4 members (excludes halogenated alkanes) is 1. The molecular weight excluding hydrogens is 242 g/mol. The molecule has 1 rings (SSSR count). The van der Waals surface area contributed by atoms with Gasteiger partial charge in [0, 0.05) is 5.69 Å². The smallest absolute Gasteiger partial charge is 0.234 e. The maximum atomic E-state index is 11.8. The molecule has 18 heavy (non-hydrogen) atoms. The van der Waals surface area contributed by atoms with E-state index in [0.29, 0.717) is 11.7 Å². The first-order valence-corrected chi connectivity index (χ1v) is 7.77. The molecule has 0 bridgehead atoms. The van der Waals surface area contributed by atoms with Gasteiger partial charge in [-0.2, -0.15) is 11.8 Å². The third kappa shape index (κ3) is 5.13. The lowest BCUT2D eigenvalue weighted by molar-refractivity contribution is -0.113. The Morgan fingerprint density at radius 3 is 2.72 bits per heavy atom. The van der Waals surface area contributed by atoms with Crippen molar-refractivity contribution in [2.24, 2.45) is 0 Å². The zero-order valence-corrected chi connectivity index (χ0v) is 12.3. The summed E-state index contributed by atoms with van der Waals surface area (Å²) in [6, 6.07) is 8.03. The van der Waals surface area contributed by atoms with Crippen LogP contribution in [0, 0.1) is 0 Å². The van der Waals surface area contributed by atoms with E-state index in [4.69, 9.17) is 0 Å². The number of hydrogen-bond acceptors (Lipinski definition) is 2. The Kier molecular flexibility index (Phi) is 6.88. The summed E-state index contributed by atoms with van der Waals surface area (Å²) >= 11 is 1.71. The van der Waals surface area contributed by atoms with Gasteiger partial charge in [-0.25, -0.2) is 0 Å². The van der Waals surface area contributed by atoms with Crippen LogP contribution >= 0.6 is 11.8 Å². The van der Waals surface area contributed by atoms with Gasteiger partial charge in [-0.3, -0.25) is 4.79 Å². The van der Waals surface area contributed by atoms with Crippen molar-refractivity contribution in [3.63, 3.8) is 0 Å². The first kappa shape index (κ1) is 15.1. The minimum absolute atomic E-state index is 0.101. The zero-order valence-electron chi connectivity index (χ0n) is 11.5. The summed E-state index contributed by atoms with van der Waals surface area (Å²) in [5.41, 5.74) is 2.15. The first-order valence-electron chi connectivity index (χ1n) is 6.61. The first-order chi connectivity index (χ1) is 8.65. The molecule has 0 aromatic heterocycles. The van der Waals surface area contributed by atoms with Crippen molar-refractivity contribution in [3.05, 3.63) is 29.8 Å². The Balaban J connectivity index is 2.49. The van der Waals surface area contributed by atoms with E-state index in [1.807, 2.05) is 18.2 Å². The van der Waals surface area contributed by atoms with Gasteiger partial charge < -0.3 is 5.32 Å². The lowest BCUT2D eigenvalue weighted by atomic mass is 10.0. The van der Waals surface area contributed by atoms with E-state index in [0.717, 1.165) is 11.4 Å². The van der Waals surface area contributed by atoms with Crippen molar-refractivity contribution in [1.82, 2.24) is 0 Å². The molecule has 0 unspecified atom stereocenters. The van der Waals surface area contributed by atoms with Crippen LogP contribution in [0.2, 0.25) is 0 Å². The Bertz CT molecular complexity index is 377. The third-order valence-electron chi connectivity index (χ3n) is 2.73. The van der Waals surface area contributed by atoms with Crippen LogP contribution in [0.5, 0.6) is 0 Å². The second-order valence-corrected chi connectivity index (χ2v) is 5.80. The molecule has 0 aliphatic carbocycles. The molecule has 2 nitrogen and oxygen atoms in total. The maximum Gasteiger partial charge on any atom is 0.234 e. The van der Waals surface area contributed by atoms with Crippen LogP contribution in [0.15, 0.2) is 24.3 Å². The molecule has 0 fully saturated rings. The van der Waals surface area contributed by atoms with Crippen LogP contribution in [0.4, 0.5) is 5.69 Å². The number of para-hydroxylation sites is 1. The molecule has 1 aromatic rings. The van der Waals surface area contributed by atoms with Crippen molar-refractivity contribution >= 4 is 23.4 Å². The van der Waals surface area contributed by atoms with Crippen molar-refractivity contribution in [3.8, 4) is 0 Å². The highest BCUT2D eigenvalue weighted by Gasteiger charge is 2.08. The Morgan fingerprint density at radius 2 is 2.06 bits per heavy atom. The number of rotatable bonds is 7. The van der Waals surface area contributed by atoms with Crippen LogP contribution in [0.1, 0.15) is 45.1 Å². The molecule has 0 atom stereocenters. The molecule has 0 radical (unpaired) electrons. The molecule has 3 heteroatoms. The average Bonchev–Trinajstić information content (AvgIpc) is 2.35. The number of carbonyl (C=O) groups excluding carboxylic acids is 1. The van der Waals surface area contributed by atoms with Crippen LogP contribution in [0.3, 0.4) is 0 Å². The Labute approximate surface area is 115 Å². The fourth-order valence-electron chi connectivity index (χ4n) is 1.71. The number of anilines is 1. The van der Waals surface area contributed by atoms with Gasteiger partial charge >= 0.3 is 0 Å². The summed E-state index contributed by atoms with van der Waals surface area (Å²) in [5.74, 6) is 2.14. The Hall–Kier alpha value is -0.960. The van der Waals surface area contributed by atoms with Gasteiger partial charge in [-0.15, -0.1) is 0 Å². The monoisotopic (exact) mass is 265 g/mol. The van der Waals surface area contributed by atoms with Gasteiger partial charge in [0.1, 0.15) is 0 Å². The van der Waals surface area contributed by atoms with Gasteiger partial charge in [0.05, 0.1) is 5.75 Å². The minimum atomic E-state index is 0.101. The van der Waals surface area contributed by atoms with Gasteiger partial charge in [-0.05, 0) is 29.7 Å². The van der Waals surface area contributed by atoms with E-state index in [1.165, 1.54) is 18.4 Å². The second kappa shape index (κ2) is 8.20.